The minimum absolute atomic E-state index is 0.686. The van der Waals surface area contributed by atoms with Gasteiger partial charge in [-0.25, -0.2) is 0 Å². The monoisotopic (exact) mass is 379 g/mol. The summed E-state index contributed by atoms with van der Waals surface area (Å²) < 4.78 is 5.83. The molecule has 0 aliphatic carbocycles. The number of anilines is 1. The van der Waals surface area contributed by atoms with Crippen LogP contribution in [0.3, 0.4) is 0 Å². The number of ether oxygens (including phenoxy) is 1. The van der Waals surface area contributed by atoms with Gasteiger partial charge in [-0.05, 0) is 44.5 Å². The number of piperazine rings is 1. The second-order valence-corrected chi connectivity index (χ2v) is 7.93. The molecule has 0 aromatic heterocycles. The number of hydrogen-bond acceptors (Lipinski definition) is 4. The van der Waals surface area contributed by atoms with E-state index in [1.54, 1.807) is 0 Å². The van der Waals surface area contributed by atoms with E-state index < -0.39 is 0 Å². The smallest absolute Gasteiger partial charge is 0.123 e. The summed E-state index contributed by atoms with van der Waals surface area (Å²) in [6.07, 6.45) is 2.62. The fraction of sp³-hybridized carbons (Fsp3) is 0.500. The summed E-state index contributed by atoms with van der Waals surface area (Å²) in [4.78, 5) is 7.87. The zero-order valence-corrected chi connectivity index (χ0v) is 17.1. The maximum absolute atomic E-state index is 5.83. The third-order valence-electron chi connectivity index (χ3n) is 6.10. The van der Waals surface area contributed by atoms with Crippen molar-refractivity contribution in [2.24, 2.45) is 0 Å². The number of nitrogens with zero attached hydrogens (tertiary/aromatic N) is 3. The van der Waals surface area contributed by atoms with Crippen LogP contribution in [-0.4, -0.2) is 61.7 Å². The molecule has 0 saturated carbocycles. The second kappa shape index (κ2) is 9.44. The summed E-state index contributed by atoms with van der Waals surface area (Å²) in [6, 6.07) is 20.0. The fourth-order valence-corrected chi connectivity index (χ4v) is 4.63. The first kappa shape index (κ1) is 19.3. The Morgan fingerprint density at radius 3 is 2.43 bits per heavy atom. The highest BCUT2D eigenvalue weighted by molar-refractivity contribution is 5.46. The van der Waals surface area contributed by atoms with Gasteiger partial charge < -0.3 is 9.64 Å². The van der Waals surface area contributed by atoms with E-state index in [-0.39, 0.29) is 0 Å². The minimum Gasteiger partial charge on any atom is -0.494 e. The number of piperidine rings is 1. The van der Waals surface area contributed by atoms with E-state index in [1.807, 2.05) is 0 Å². The lowest BCUT2D eigenvalue weighted by Gasteiger charge is -2.44. The van der Waals surface area contributed by atoms with Crippen LogP contribution in [0.1, 0.15) is 25.3 Å². The van der Waals surface area contributed by atoms with E-state index in [0.717, 1.165) is 32.0 Å². The van der Waals surface area contributed by atoms with Gasteiger partial charge in [-0.3, -0.25) is 9.80 Å². The van der Waals surface area contributed by atoms with Crippen molar-refractivity contribution in [2.45, 2.75) is 32.4 Å². The Morgan fingerprint density at radius 1 is 0.893 bits per heavy atom. The molecule has 2 saturated heterocycles. The molecule has 0 unspecified atom stereocenters. The molecular formula is C24H33N3O. The number of rotatable bonds is 6. The van der Waals surface area contributed by atoms with Crippen LogP contribution in [0.15, 0.2) is 54.6 Å². The average Bonchev–Trinajstić information content (AvgIpc) is 2.76. The first-order valence-electron chi connectivity index (χ1n) is 10.8. The lowest BCUT2D eigenvalue weighted by Crippen LogP contribution is -2.55. The lowest BCUT2D eigenvalue weighted by molar-refractivity contribution is 0.0882. The lowest BCUT2D eigenvalue weighted by atomic mass is 10.0. The predicted molar refractivity (Wildman–Crippen MR) is 116 cm³/mol. The van der Waals surface area contributed by atoms with Crippen LogP contribution >= 0.6 is 0 Å². The molecule has 2 aromatic carbocycles. The molecule has 2 aliphatic heterocycles. The number of para-hydroxylation sites is 2. The second-order valence-electron chi connectivity index (χ2n) is 7.93. The van der Waals surface area contributed by atoms with Crippen LogP contribution in [0.4, 0.5) is 5.69 Å². The van der Waals surface area contributed by atoms with Gasteiger partial charge in [0.2, 0.25) is 0 Å². The van der Waals surface area contributed by atoms with E-state index in [9.17, 15) is 0 Å². The SMILES string of the molecule is CCOc1ccccc1CN1CCC[C@H](N2CCN(c3ccccc3)CC2)C1. The maximum Gasteiger partial charge on any atom is 0.123 e. The molecular weight excluding hydrogens is 346 g/mol. The van der Waals surface area contributed by atoms with E-state index in [4.69, 9.17) is 4.74 Å². The standard InChI is InChI=1S/C24H33N3O/c1-2-28-24-13-7-6-9-21(24)19-25-14-8-12-23(20-25)27-17-15-26(16-18-27)22-10-4-3-5-11-22/h3-7,9-11,13,23H,2,8,12,14-20H2,1H3/t23-/m0/s1. The largest absolute Gasteiger partial charge is 0.494 e. The van der Waals surface area contributed by atoms with Gasteiger partial charge in [0.25, 0.3) is 0 Å². The Balaban J connectivity index is 1.32. The molecule has 4 heteroatoms. The van der Waals surface area contributed by atoms with Gasteiger partial charge in [-0.2, -0.15) is 0 Å². The molecule has 4 rings (SSSR count). The van der Waals surface area contributed by atoms with Crippen molar-refractivity contribution in [3.8, 4) is 5.75 Å². The highest BCUT2D eigenvalue weighted by Crippen LogP contribution is 2.24. The van der Waals surface area contributed by atoms with E-state index in [1.165, 1.54) is 50.3 Å². The molecule has 2 heterocycles. The van der Waals surface area contributed by atoms with Gasteiger partial charge in [-0.15, -0.1) is 0 Å². The molecule has 2 aliphatic rings. The molecule has 0 bridgehead atoms. The molecule has 0 radical (unpaired) electrons. The van der Waals surface area contributed by atoms with Crippen molar-refractivity contribution in [3.05, 3.63) is 60.2 Å². The molecule has 0 spiro atoms. The molecule has 150 valence electrons. The van der Waals surface area contributed by atoms with E-state index in [0.29, 0.717) is 6.04 Å². The minimum atomic E-state index is 0.686. The molecule has 1 atom stereocenters. The Kier molecular flexibility index (Phi) is 6.50. The van der Waals surface area contributed by atoms with Gasteiger partial charge in [0.05, 0.1) is 6.61 Å². The highest BCUT2D eigenvalue weighted by atomic mass is 16.5. The Hall–Kier alpha value is -2.04. The first-order chi connectivity index (χ1) is 13.8. The van der Waals surface area contributed by atoms with Crippen LogP contribution in [0, 0.1) is 0 Å². The summed E-state index contributed by atoms with van der Waals surface area (Å²) in [5.74, 6) is 1.04. The van der Waals surface area contributed by atoms with Crippen molar-refractivity contribution >= 4 is 5.69 Å². The highest BCUT2D eigenvalue weighted by Gasteiger charge is 2.28. The fourth-order valence-electron chi connectivity index (χ4n) is 4.63. The summed E-state index contributed by atoms with van der Waals surface area (Å²) in [6.45, 7) is 10.8. The van der Waals surface area contributed by atoms with Crippen molar-refractivity contribution < 1.29 is 4.74 Å². The van der Waals surface area contributed by atoms with Crippen molar-refractivity contribution in [2.75, 3.05) is 50.8 Å². The number of likely N-dealkylation sites (tertiary alicyclic amines) is 1. The predicted octanol–water partition coefficient (Wildman–Crippen LogP) is 3.87. The molecule has 28 heavy (non-hydrogen) atoms. The van der Waals surface area contributed by atoms with Crippen LogP contribution in [0.2, 0.25) is 0 Å². The van der Waals surface area contributed by atoms with Gasteiger partial charge in [0.15, 0.2) is 0 Å². The Morgan fingerprint density at radius 2 is 1.64 bits per heavy atom. The van der Waals surface area contributed by atoms with Gasteiger partial charge in [-0.1, -0.05) is 36.4 Å². The molecule has 4 nitrogen and oxygen atoms in total. The normalized spacial score (nSPS) is 21.6. The van der Waals surface area contributed by atoms with Gasteiger partial charge >= 0.3 is 0 Å². The topological polar surface area (TPSA) is 19.0 Å². The third-order valence-corrected chi connectivity index (χ3v) is 6.10. The van der Waals surface area contributed by atoms with Crippen LogP contribution < -0.4 is 9.64 Å². The van der Waals surface area contributed by atoms with Crippen LogP contribution in [0.5, 0.6) is 5.75 Å². The van der Waals surface area contributed by atoms with Crippen LogP contribution in [-0.2, 0) is 6.54 Å². The van der Waals surface area contributed by atoms with E-state index >= 15 is 0 Å². The summed E-state index contributed by atoms with van der Waals surface area (Å²) in [7, 11) is 0. The van der Waals surface area contributed by atoms with Gasteiger partial charge in [0, 0.05) is 56.6 Å². The molecule has 0 amide bonds. The first-order valence-corrected chi connectivity index (χ1v) is 10.8. The van der Waals surface area contributed by atoms with Crippen LogP contribution in [0.25, 0.3) is 0 Å². The Labute approximate surface area is 169 Å². The van der Waals surface area contributed by atoms with Crippen molar-refractivity contribution in [1.29, 1.82) is 0 Å². The Bertz CT molecular complexity index is 728. The molecule has 2 aromatic rings. The third kappa shape index (κ3) is 4.68. The van der Waals surface area contributed by atoms with Gasteiger partial charge in [0.1, 0.15) is 5.75 Å². The summed E-state index contributed by atoms with van der Waals surface area (Å²) >= 11 is 0. The quantitative estimate of drug-likeness (QED) is 0.758. The number of benzene rings is 2. The van der Waals surface area contributed by atoms with E-state index in [2.05, 4.69) is 76.2 Å². The van der Waals surface area contributed by atoms with Crippen molar-refractivity contribution in [1.82, 2.24) is 9.80 Å². The number of hydrogen-bond donors (Lipinski definition) is 0. The summed E-state index contributed by atoms with van der Waals surface area (Å²) in [5, 5.41) is 0. The average molecular weight is 380 g/mol. The maximum atomic E-state index is 5.83. The molecule has 2 fully saturated rings. The van der Waals surface area contributed by atoms with Crippen molar-refractivity contribution in [3.63, 3.8) is 0 Å². The molecule has 0 N–H and O–H groups in total. The zero-order chi connectivity index (χ0) is 19.2. The zero-order valence-electron chi connectivity index (χ0n) is 17.1. The summed E-state index contributed by atoms with van der Waals surface area (Å²) in [5.41, 5.74) is 2.68.